The summed E-state index contributed by atoms with van der Waals surface area (Å²) in [4.78, 5) is 49.4. The first kappa shape index (κ1) is 26.3. The Bertz CT molecular complexity index is 814. The molecule has 9 heteroatoms. The number of carboxylic acid groups (broad SMARTS) is 1. The molecular weight excluding hydrogens is 424 g/mol. The van der Waals surface area contributed by atoms with Crippen LogP contribution in [0.4, 0.5) is 0 Å². The average Bonchev–Trinajstić information content (AvgIpc) is 2.80. The summed E-state index contributed by atoms with van der Waals surface area (Å²) in [6.07, 6.45) is 3.04. The van der Waals surface area contributed by atoms with E-state index in [2.05, 4.69) is 16.1 Å². The van der Waals surface area contributed by atoms with E-state index >= 15 is 0 Å². The van der Waals surface area contributed by atoms with Gasteiger partial charge in [-0.15, -0.1) is 0 Å². The topological polar surface area (TPSA) is 128 Å². The first-order valence-corrected chi connectivity index (χ1v) is 11.6. The number of benzene rings is 1. The van der Waals surface area contributed by atoms with E-state index in [0.29, 0.717) is 44.6 Å². The van der Waals surface area contributed by atoms with Crippen LogP contribution < -0.4 is 16.1 Å². The molecule has 9 nitrogen and oxygen atoms in total. The molecule has 0 bridgehead atoms. The Hall–Kier alpha value is -2.94. The van der Waals surface area contributed by atoms with Gasteiger partial charge in [-0.2, -0.15) is 0 Å². The lowest BCUT2D eigenvalue weighted by Crippen LogP contribution is -2.60. The molecule has 1 saturated heterocycles. The van der Waals surface area contributed by atoms with E-state index in [-0.39, 0.29) is 5.91 Å². The van der Waals surface area contributed by atoms with Gasteiger partial charge in [0, 0.05) is 13.0 Å². The van der Waals surface area contributed by atoms with Crippen molar-refractivity contribution in [2.45, 2.75) is 77.4 Å². The van der Waals surface area contributed by atoms with Gasteiger partial charge < -0.3 is 15.7 Å². The van der Waals surface area contributed by atoms with Gasteiger partial charge in [0.15, 0.2) is 0 Å². The average molecular weight is 461 g/mol. The van der Waals surface area contributed by atoms with Crippen molar-refractivity contribution >= 4 is 23.7 Å². The Kier molecular flexibility index (Phi) is 10.3. The van der Waals surface area contributed by atoms with Crippen LogP contribution in [0.25, 0.3) is 0 Å². The van der Waals surface area contributed by atoms with Crippen molar-refractivity contribution in [3.63, 3.8) is 0 Å². The fourth-order valence-corrected chi connectivity index (χ4v) is 3.64. The first-order valence-electron chi connectivity index (χ1n) is 11.6. The molecule has 182 valence electrons. The second-order valence-corrected chi connectivity index (χ2v) is 8.96. The Labute approximate surface area is 195 Å². The quantitative estimate of drug-likeness (QED) is 0.397. The molecule has 4 N–H and O–H groups in total. The van der Waals surface area contributed by atoms with Crippen LogP contribution in [0.5, 0.6) is 0 Å². The van der Waals surface area contributed by atoms with Gasteiger partial charge in [0.2, 0.25) is 11.8 Å². The van der Waals surface area contributed by atoms with Crippen LogP contribution in [0.15, 0.2) is 30.3 Å². The van der Waals surface area contributed by atoms with Crippen molar-refractivity contribution in [2.75, 3.05) is 6.54 Å². The van der Waals surface area contributed by atoms with Crippen molar-refractivity contribution < 1.29 is 24.3 Å². The molecular formula is C24H36N4O5. The minimum Gasteiger partial charge on any atom is -0.480 e. The molecule has 1 fully saturated rings. The summed E-state index contributed by atoms with van der Waals surface area (Å²) < 4.78 is 0. The molecule has 0 radical (unpaired) electrons. The highest BCUT2D eigenvalue weighted by Gasteiger charge is 2.31. The highest BCUT2D eigenvalue weighted by atomic mass is 16.4. The molecule has 3 amide bonds. The van der Waals surface area contributed by atoms with Gasteiger partial charge in [0.05, 0.1) is 0 Å². The van der Waals surface area contributed by atoms with Gasteiger partial charge in [-0.05, 0) is 50.5 Å². The minimum atomic E-state index is -1.02. The van der Waals surface area contributed by atoms with E-state index in [9.17, 15) is 24.3 Å². The monoisotopic (exact) mass is 460 g/mol. The molecule has 1 aliphatic heterocycles. The summed E-state index contributed by atoms with van der Waals surface area (Å²) in [7, 11) is 0. The Morgan fingerprint density at radius 3 is 2.42 bits per heavy atom. The van der Waals surface area contributed by atoms with Gasteiger partial charge in [0.1, 0.15) is 18.1 Å². The largest absolute Gasteiger partial charge is 0.480 e. The van der Waals surface area contributed by atoms with E-state index in [4.69, 9.17) is 0 Å². The molecule has 0 saturated carbocycles. The molecule has 3 atom stereocenters. The fraction of sp³-hybridized carbons (Fsp3) is 0.583. The molecule has 1 heterocycles. The molecule has 0 unspecified atom stereocenters. The third-order valence-corrected chi connectivity index (χ3v) is 5.64. The SMILES string of the molecule is CC(C)CCC(=O)N[C@@H](CCc1ccccc1)C(=O)N[C@@H](C)C(=O)N1CCC[C@@H](C(=O)O)N1. The Morgan fingerprint density at radius 1 is 1.09 bits per heavy atom. The number of hydrogen-bond acceptors (Lipinski definition) is 5. The lowest BCUT2D eigenvalue weighted by molar-refractivity contribution is -0.148. The van der Waals surface area contributed by atoms with Gasteiger partial charge in [0.25, 0.3) is 5.91 Å². The van der Waals surface area contributed by atoms with Crippen LogP contribution in [0.1, 0.15) is 58.4 Å². The Balaban J connectivity index is 1.99. The molecule has 0 spiro atoms. The maximum absolute atomic E-state index is 13.0. The van der Waals surface area contributed by atoms with Crippen molar-refractivity contribution in [1.82, 2.24) is 21.1 Å². The van der Waals surface area contributed by atoms with Crippen LogP contribution in [0.3, 0.4) is 0 Å². The number of carbonyl (C=O) groups excluding carboxylic acids is 3. The van der Waals surface area contributed by atoms with E-state index in [0.717, 1.165) is 12.0 Å². The zero-order valence-corrected chi connectivity index (χ0v) is 19.7. The maximum atomic E-state index is 13.0. The molecule has 1 aromatic carbocycles. The van der Waals surface area contributed by atoms with Gasteiger partial charge >= 0.3 is 5.97 Å². The fourth-order valence-electron chi connectivity index (χ4n) is 3.64. The zero-order chi connectivity index (χ0) is 24.4. The van der Waals surface area contributed by atoms with Crippen molar-refractivity contribution in [3.8, 4) is 0 Å². The molecule has 33 heavy (non-hydrogen) atoms. The van der Waals surface area contributed by atoms with Crippen LogP contribution in [0, 0.1) is 5.92 Å². The maximum Gasteiger partial charge on any atom is 0.322 e. The van der Waals surface area contributed by atoms with Gasteiger partial charge in [-0.1, -0.05) is 44.2 Å². The lowest BCUT2D eigenvalue weighted by Gasteiger charge is -2.33. The number of carboxylic acids is 1. The number of nitrogens with one attached hydrogen (secondary N) is 3. The summed E-state index contributed by atoms with van der Waals surface area (Å²) in [5.74, 6) is -1.69. The number of hydrogen-bond donors (Lipinski definition) is 4. The van der Waals surface area contributed by atoms with Crippen molar-refractivity contribution in [2.24, 2.45) is 5.92 Å². The standard InChI is InChI=1S/C24H36N4O5/c1-16(2)11-14-21(29)26-19(13-12-18-8-5-4-6-9-18)22(30)25-17(3)23(31)28-15-7-10-20(27-28)24(32)33/h4-6,8-9,16-17,19-20,27H,7,10-15H2,1-3H3,(H,25,30)(H,26,29)(H,32,33)/t17-,19-,20-/m0/s1. The third kappa shape index (κ3) is 8.84. The summed E-state index contributed by atoms with van der Waals surface area (Å²) >= 11 is 0. The summed E-state index contributed by atoms with van der Waals surface area (Å²) in [6.45, 7) is 5.99. The molecule has 0 aromatic heterocycles. The number of aliphatic carboxylic acids is 1. The predicted molar refractivity (Wildman–Crippen MR) is 124 cm³/mol. The summed E-state index contributed by atoms with van der Waals surface area (Å²) in [5, 5.41) is 16.0. The normalized spacial score (nSPS) is 17.8. The van der Waals surface area contributed by atoms with Crippen LogP contribution in [-0.4, -0.2) is 58.5 Å². The highest BCUT2D eigenvalue weighted by molar-refractivity contribution is 5.92. The zero-order valence-electron chi connectivity index (χ0n) is 19.7. The van der Waals surface area contributed by atoms with E-state index in [1.165, 1.54) is 5.01 Å². The second-order valence-electron chi connectivity index (χ2n) is 8.96. The number of rotatable bonds is 11. The predicted octanol–water partition coefficient (Wildman–Crippen LogP) is 1.63. The van der Waals surface area contributed by atoms with E-state index in [1.807, 2.05) is 44.2 Å². The second kappa shape index (κ2) is 12.9. The molecule has 0 aliphatic carbocycles. The molecule has 1 aromatic rings. The minimum absolute atomic E-state index is 0.196. The highest BCUT2D eigenvalue weighted by Crippen LogP contribution is 2.10. The van der Waals surface area contributed by atoms with Crippen LogP contribution >= 0.6 is 0 Å². The molecule has 1 aliphatic rings. The van der Waals surface area contributed by atoms with Crippen LogP contribution in [0.2, 0.25) is 0 Å². The number of aryl methyl sites for hydroxylation is 1. The first-order chi connectivity index (χ1) is 15.7. The summed E-state index contributed by atoms with van der Waals surface area (Å²) in [6, 6.07) is 7.20. The van der Waals surface area contributed by atoms with E-state index in [1.54, 1.807) is 6.92 Å². The van der Waals surface area contributed by atoms with E-state index < -0.39 is 35.9 Å². The van der Waals surface area contributed by atoms with Crippen LogP contribution in [-0.2, 0) is 25.6 Å². The van der Waals surface area contributed by atoms with Crippen molar-refractivity contribution in [3.05, 3.63) is 35.9 Å². The number of nitrogens with zero attached hydrogens (tertiary/aromatic N) is 1. The third-order valence-electron chi connectivity index (χ3n) is 5.64. The smallest absolute Gasteiger partial charge is 0.322 e. The Morgan fingerprint density at radius 2 is 1.79 bits per heavy atom. The lowest BCUT2D eigenvalue weighted by atomic mass is 10.0. The summed E-state index contributed by atoms with van der Waals surface area (Å²) in [5.41, 5.74) is 3.75. The number of carbonyl (C=O) groups is 4. The van der Waals surface area contributed by atoms with Crippen molar-refractivity contribution in [1.29, 1.82) is 0 Å². The molecule has 2 rings (SSSR count). The van der Waals surface area contributed by atoms with Gasteiger partial charge in [-0.25, -0.2) is 5.43 Å². The number of hydrazine groups is 1. The number of amides is 3. The van der Waals surface area contributed by atoms with Gasteiger partial charge in [-0.3, -0.25) is 24.2 Å².